The predicted molar refractivity (Wildman–Crippen MR) is 78.8 cm³/mol. The first-order valence-electron chi connectivity index (χ1n) is 6.73. The average molecular weight is 298 g/mol. The van der Waals surface area contributed by atoms with E-state index in [9.17, 15) is 9.59 Å². The van der Waals surface area contributed by atoms with Crippen LogP contribution in [0.3, 0.4) is 0 Å². The van der Waals surface area contributed by atoms with Gasteiger partial charge in [0.15, 0.2) is 0 Å². The van der Waals surface area contributed by atoms with Gasteiger partial charge in [0.05, 0.1) is 5.92 Å². The second-order valence-corrected chi connectivity index (χ2v) is 5.23. The zero-order chi connectivity index (χ0) is 15.0. The van der Waals surface area contributed by atoms with E-state index in [4.69, 9.17) is 16.7 Å². The lowest BCUT2D eigenvalue weighted by Crippen LogP contribution is -2.25. The summed E-state index contributed by atoms with van der Waals surface area (Å²) in [7, 11) is 0. The molecule has 0 fully saturated rings. The van der Waals surface area contributed by atoms with Crippen molar-refractivity contribution < 1.29 is 14.7 Å². The molecule has 1 atom stereocenters. The van der Waals surface area contributed by atoms with Gasteiger partial charge in [-0.05, 0) is 30.9 Å². The molecule has 20 heavy (non-hydrogen) atoms. The van der Waals surface area contributed by atoms with Crippen LogP contribution in [0.25, 0.3) is 0 Å². The van der Waals surface area contributed by atoms with Crippen LogP contribution < -0.4 is 5.32 Å². The maximum Gasteiger partial charge on any atom is 0.306 e. The number of hydrogen-bond acceptors (Lipinski definition) is 2. The smallest absolute Gasteiger partial charge is 0.306 e. The van der Waals surface area contributed by atoms with Gasteiger partial charge >= 0.3 is 5.97 Å². The largest absolute Gasteiger partial charge is 0.481 e. The molecule has 0 aromatic heterocycles. The van der Waals surface area contributed by atoms with E-state index in [0.29, 0.717) is 37.3 Å². The Morgan fingerprint density at radius 3 is 2.70 bits per heavy atom. The Morgan fingerprint density at radius 2 is 2.05 bits per heavy atom. The van der Waals surface area contributed by atoms with Gasteiger partial charge in [-0.25, -0.2) is 0 Å². The van der Waals surface area contributed by atoms with E-state index in [2.05, 4.69) is 5.32 Å². The number of amides is 1. The summed E-state index contributed by atoms with van der Waals surface area (Å²) in [5.41, 5.74) is 0.962. The van der Waals surface area contributed by atoms with E-state index >= 15 is 0 Å². The standard InChI is InChI=1S/C15H20ClNO3/c1-11(15(19)20)5-4-10-17-14(18)9-8-12-6-2-3-7-13(12)16/h2-3,6-7,11H,4-5,8-10H2,1H3,(H,17,18)(H,19,20). The first kappa shape index (κ1) is 16.5. The monoisotopic (exact) mass is 297 g/mol. The quantitative estimate of drug-likeness (QED) is 0.725. The minimum absolute atomic E-state index is 0.0344. The van der Waals surface area contributed by atoms with Crippen LogP contribution in [0.1, 0.15) is 31.7 Å². The first-order chi connectivity index (χ1) is 9.50. The Balaban J connectivity index is 2.18. The normalized spacial score (nSPS) is 11.9. The minimum atomic E-state index is -0.796. The zero-order valence-electron chi connectivity index (χ0n) is 11.6. The molecule has 0 bridgehead atoms. The lowest BCUT2D eigenvalue weighted by atomic mass is 10.1. The number of aryl methyl sites for hydroxylation is 1. The summed E-state index contributed by atoms with van der Waals surface area (Å²) in [6.45, 7) is 2.18. The van der Waals surface area contributed by atoms with Gasteiger partial charge in [-0.1, -0.05) is 36.7 Å². The number of benzene rings is 1. The maximum absolute atomic E-state index is 11.6. The number of carboxylic acid groups (broad SMARTS) is 1. The summed E-state index contributed by atoms with van der Waals surface area (Å²) in [4.78, 5) is 22.3. The van der Waals surface area contributed by atoms with Crippen molar-refractivity contribution in [3.63, 3.8) is 0 Å². The molecule has 1 rings (SSSR count). The summed E-state index contributed by atoms with van der Waals surface area (Å²) in [6.07, 6.45) is 2.24. The van der Waals surface area contributed by atoms with E-state index in [1.54, 1.807) is 6.92 Å². The average Bonchev–Trinajstić information content (AvgIpc) is 2.42. The number of hydrogen-bond donors (Lipinski definition) is 2. The lowest BCUT2D eigenvalue weighted by Gasteiger charge is -2.08. The molecule has 4 nitrogen and oxygen atoms in total. The molecule has 1 aromatic rings. The number of rotatable bonds is 8. The highest BCUT2D eigenvalue weighted by Gasteiger charge is 2.10. The molecule has 1 unspecified atom stereocenters. The van der Waals surface area contributed by atoms with E-state index in [1.165, 1.54) is 0 Å². The maximum atomic E-state index is 11.6. The van der Waals surface area contributed by atoms with Gasteiger partial charge in [0.1, 0.15) is 0 Å². The number of halogens is 1. The first-order valence-corrected chi connectivity index (χ1v) is 7.11. The van der Waals surface area contributed by atoms with Crippen molar-refractivity contribution in [2.75, 3.05) is 6.54 Å². The van der Waals surface area contributed by atoms with Crippen LogP contribution in [0.5, 0.6) is 0 Å². The number of carboxylic acids is 1. The molecule has 1 aromatic carbocycles. The highest BCUT2D eigenvalue weighted by molar-refractivity contribution is 6.31. The van der Waals surface area contributed by atoms with Crippen LogP contribution in [-0.4, -0.2) is 23.5 Å². The van der Waals surface area contributed by atoms with E-state index in [1.807, 2.05) is 24.3 Å². The van der Waals surface area contributed by atoms with Gasteiger partial charge in [0, 0.05) is 18.0 Å². The lowest BCUT2D eigenvalue weighted by molar-refractivity contribution is -0.141. The van der Waals surface area contributed by atoms with Crippen molar-refractivity contribution in [1.82, 2.24) is 5.32 Å². The molecule has 0 aliphatic carbocycles. The van der Waals surface area contributed by atoms with Crippen molar-refractivity contribution in [3.05, 3.63) is 34.9 Å². The van der Waals surface area contributed by atoms with Gasteiger partial charge in [-0.3, -0.25) is 9.59 Å². The second kappa shape index (κ2) is 8.59. The fraction of sp³-hybridized carbons (Fsp3) is 0.467. The molecule has 2 N–H and O–H groups in total. The topological polar surface area (TPSA) is 66.4 Å². The molecule has 110 valence electrons. The van der Waals surface area contributed by atoms with Gasteiger partial charge < -0.3 is 10.4 Å². The predicted octanol–water partition coefficient (Wildman–Crippen LogP) is 2.89. The van der Waals surface area contributed by atoms with Crippen LogP contribution in [0.2, 0.25) is 5.02 Å². The van der Waals surface area contributed by atoms with Gasteiger partial charge in [0.25, 0.3) is 0 Å². The van der Waals surface area contributed by atoms with Crippen LogP contribution in [-0.2, 0) is 16.0 Å². The fourth-order valence-corrected chi connectivity index (χ4v) is 2.03. The zero-order valence-corrected chi connectivity index (χ0v) is 12.3. The van der Waals surface area contributed by atoms with Crippen molar-refractivity contribution >= 4 is 23.5 Å². The Bertz CT molecular complexity index is 462. The van der Waals surface area contributed by atoms with E-state index in [0.717, 1.165) is 5.56 Å². The van der Waals surface area contributed by atoms with Gasteiger partial charge in [-0.2, -0.15) is 0 Å². The van der Waals surface area contributed by atoms with Crippen molar-refractivity contribution in [2.45, 2.75) is 32.6 Å². The third-order valence-corrected chi connectivity index (χ3v) is 3.51. The van der Waals surface area contributed by atoms with Crippen LogP contribution in [0.15, 0.2) is 24.3 Å². The summed E-state index contributed by atoms with van der Waals surface area (Å²) < 4.78 is 0. The third-order valence-electron chi connectivity index (χ3n) is 3.14. The minimum Gasteiger partial charge on any atom is -0.481 e. The highest BCUT2D eigenvalue weighted by Crippen LogP contribution is 2.16. The Labute approximate surface area is 124 Å². The summed E-state index contributed by atoms with van der Waals surface area (Å²) in [6, 6.07) is 7.47. The number of nitrogens with one attached hydrogen (secondary N) is 1. The molecular formula is C15H20ClNO3. The summed E-state index contributed by atoms with van der Waals surface area (Å²) >= 11 is 6.01. The van der Waals surface area contributed by atoms with Crippen LogP contribution in [0.4, 0.5) is 0 Å². The van der Waals surface area contributed by atoms with Crippen LogP contribution in [0, 0.1) is 5.92 Å². The number of carbonyl (C=O) groups excluding carboxylic acids is 1. The highest BCUT2D eigenvalue weighted by atomic mass is 35.5. The molecule has 0 saturated heterocycles. The van der Waals surface area contributed by atoms with Gasteiger partial charge in [0.2, 0.25) is 5.91 Å². The molecule has 0 aliphatic heterocycles. The van der Waals surface area contributed by atoms with Crippen molar-refractivity contribution in [2.24, 2.45) is 5.92 Å². The molecule has 5 heteroatoms. The van der Waals surface area contributed by atoms with Crippen LogP contribution >= 0.6 is 11.6 Å². The molecule has 0 aliphatic rings. The molecule has 0 radical (unpaired) electrons. The summed E-state index contributed by atoms with van der Waals surface area (Å²) in [5, 5.41) is 12.2. The fourth-order valence-electron chi connectivity index (χ4n) is 1.80. The number of carbonyl (C=O) groups is 2. The molecule has 0 saturated carbocycles. The molecule has 1 amide bonds. The Morgan fingerprint density at radius 1 is 1.35 bits per heavy atom. The van der Waals surface area contributed by atoms with Crippen molar-refractivity contribution in [1.29, 1.82) is 0 Å². The van der Waals surface area contributed by atoms with E-state index in [-0.39, 0.29) is 11.8 Å². The molecule has 0 spiro atoms. The molecule has 0 heterocycles. The third kappa shape index (κ3) is 6.06. The summed E-state index contributed by atoms with van der Waals surface area (Å²) in [5.74, 6) is -1.20. The Hall–Kier alpha value is -1.55. The van der Waals surface area contributed by atoms with Gasteiger partial charge in [-0.15, -0.1) is 0 Å². The number of aliphatic carboxylic acids is 1. The van der Waals surface area contributed by atoms with E-state index < -0.39 is 5.97 Å². The van der Waals surface area contributed by atoms with Crippen molar-refractivity contribution in [3.8, 4) is 0 Å². The Kier molecular flexibility index (Phi) is 7.09. The SMILES string of the molecule is CC(CCCNC(=O)CCc1ccccc1Cl)C(=O)O. The molecular weight excluding hydrogens is 278 g/mol. The second-order valence-electron chi connectivity index (χ2n) is 4.82.